The second kappa shape index (κ2) is 8.88. The number of rotatable bonds is 6. The van der Waals surface area contributed by atoms with Crippen LogP contribution in [0.4, 0.5) is 0 Å². The molecular formula is C26H21N3O3S. The highest BCUT2D eigenvalue weighted by molar-refractivity contribution is 7.84. The van der Waals surface area contributed by atoms with Crippen molar-refractivity contribution in [1.82, 2.24) is 14.8 Å². The van der Waals surface area contributed by atoms with Gasteiger partial charge in [-0.15, -0.1) is 0 Å². The van der Waals surface area contributed by atoms with Crippen LogP contribution in [-0.2, 0) is 16.6 Å². The first-order valence-electron chi connectivity index (χ1n) is 10.4. The van der Waals surface area contributed by atoms with Crippen LogP contribution < -0.4 is 10.3 Å². The highest BCUT2D eigenvalue weighted by atomic mass is 32.2. The van der Waals surface area contributed by atoms with Crippen LogP contribution in [0.5, 0.6) is 5.88 Å². The first kappa shape index (κ1) is 20.9. The summed E-state index contributed by atoms with van der Waals surface area (Å²) in [6, 6.07) is 26.5. The van der Waals surface area contributed by atoms with Crippen molar-refractivity contribution in [2.75, 3.05) is 7.11 Å². The molecule has 0 amide bonds. The molecule has 2 heterocycles. The fourth-order valence-corrected chi connectivity index (χ4v) is 5.00. The quantitative estimate of drug-likeness (QED) is 0.403. The van der Waals surface area contributed by atoms with Crippen molar-refractivity contribution in [3.8, 4) is 22.7 Å². The molecule has 5 rings (SSSR count). The lowest BCUT2D eigenvalue weighted by molar-refractivity contribution is 0.386. The standard InChI is InChI=1S/C26H21N3O3S/c1-32-25-24(33(31)17-18-8-4-2-5-9-18)15-20(16-27-25)19-12-13-23-22(14-19)26(30)29(28-23)21-10-6-3-7-11-21/h2-16,28H,17H2,1H3. The zero-order valence-electron chi connectivity index (χ0n) is 17.9. The summed E-state index contributed by atoms with van der Waals surface area (Å²) in [5.74, 6) is 0.697. The normalized spacial score (nSPS) is 12.0. The van der Waals surface area contributed by atoms with Crippen LogP contribution >= 0.6 is 0 Å². The molecule has 1 N–H and O–H groups in total. The van der Waals surface area contributed by atoms with Crippen LogP contribution in [-0.4, -0.2) is 26.1 Å². The fraction of sp³-hybridized carbons (Fsp3) is 0.0769. The first-order chi connectivity index (χ1) is 16.1. The lowest BCUT2D eigenvalue weighted by Crippen LogP contribution is -2.13. The maximum absolute atomic E-state index is 13.1. The van der Waals surface area contributed by atoms with E-state index in [9.17, 15) is 9.00 Å². The van der Waals surface area contributed by atoms with Crippen LogP contribution in [0.1, 0.15) is 5.56 Å². The SMILES string of the molecule is COc1ncc(-c2ccc3[nH]n(-c4ccccc4)c(=O)c3c2)cc1S(=O)Cc1ccccc1. The fourth-order valence-electron chi connectivity index (χ4n) is 3.76. The second-order valence-electron chi connectivity index (χ2n) is 7.56. The van der Waals surface area contributed by atoms with E-state index in [4.69, 9.17) is 4.74 Å². The number of benzene rings is 3. The summed E-state index contributed by atoms with van der Waals surface area (Å²) in [5, 5.41) is 3.72. The van der Waals surface area contributed by atoms with Crippen molar-refractivity contribution in [3.05, 3.63) is 107 Å². The van der Waals surface area contributed by atoms with Gasteiger partial charge in [0.05, 0.1) is 40.3 Å². The number of fused-ring (bicyclic) bond motifs is 1. The van der Waals surface area contributed by atoms with Gasteiger partial charge in [0, 0.05) is 11.8 Å². The van der Waals surface area contributed by atoms with Gasteiger partial charge in [0.2, 0.25) is 5.88 Å². The van der Waals surface area contributed by atoms with Gasteiger partial charge in [-0.2, -0.15) is 0 Å². The third-order valence-corrected chi connectivity index (χ3v) is 6.81. The van der Waals surface area contributed by atoms with Gasteiger partial charge < -0.3 is 4.74 Å². The Morgan fingerprint density at radius 2 is 1.67 bits per heavy atom. The zero-order valence-corrected chi connectivity index (χ0v) is 18.7. The van der Waals surface area contributed by atoms with Crippen LogP contribution in [0.2, 0.25) is 0 Å². The number of pyridine rings is 1. The predicted molar refractivity (Wildman–Crippen MR) is 130 cm³/mol. The van der Waals surface area contributed by atoms with E-state index in [1.165, 1.54) is 11.8 Å². The summed E-state index contributed by atoms with van der Waals surface area (Å²) in [5.41, 5.74) is 3.92. The number of hydrogen-bond donors (Lipinski definition) is 1. The molecule has 0 saturated carbocycles. The topological polar surface area (TPSA) is 77.0 Å². The Morgan fingerprint density at radius 3 is 2.39 bits per heavy atom. The summed E-state index contributed by atoms with van der Waals surface area (Å²) in [6.45, 7) is 0. The minimum Gasteiger partial charge on any atom is -0.480 e. The van der Waals surface area contributed by atoms with Crippen molar-refractivity contribution in [2.45, 2.75) is 10.6 Å². The smallest absolute Gasteiger partial charge is 0.279 e. The Hall–Kier alpha value is -3.97. The zero-order chi connectivity index (χ0) is 22.8. The molecule has 33 heavy (non-hydrogen) atoms. The summed E-state index contributed by atoms with van der Waals surface area (Å²) in [4.78, 5) is 17.9. The van der Waals surface area contributed by atoms with E-state index in [1.54, 1.807) is 6.20 Å². The molecule has 3 aromatic carbocycles. The van der Waals surface area contributed by atoms with Gasteiger partial charge in [-0.25, -0.2) is 9.67 Å². The number of ether oxygens (including phenoxy) is 1. The average Bonchev–Trinajstić information content (AvgIpc) is 3.20. The molecule has 0 fully saturated rings. The number of para-hydroxylation sites is 1. The van der Waals surface area contributed by atoms with Gasteiger partial charge >= 0.3 is 0 Å². The van der Waals surface area contributed by atoms with E-state index in [0.29, 0.717) is 21.9 Å². The lowest BCUT2D eigenvalue weighted by atomic mass is 10.1. The minimum atomic E-state index is -1.34. The molecule has 2 aromatic heterocycles. The summed E-state index contributed by atoms with van der Waals surface area (Å²) in [6.07, 6.45) is 1.67. The summed E-state index contributed by atoms with van der Waals surface area (Å²) >= 11 is 0. The Labute approximate surface area is 192 Å². The number of hydrogen-bond acceptors (Lipinski definition) is 4. The average molecular weight is 456 g/mol. The number of nitrogens with one attached hydrogen (secondary N) is 1. The molecule has 0 spiro atoms. The van der Waals surface area contributed by atoms with E-state index in [0.717, 1.165) is 27.9 Å². The molecular weight excluding hydrogens is 434 g/mol. The number of aromatic amines is 1. The molecule has 1 unspecified atom stereocenters. The molecule has 5 aromatic rings. The highest BCUT2D eigenvalue weighted by Gasteiger charge is 2.16. The van der Waals surface area contributed by atoms with Crippen LogP contribution in [0.15, 0.2) is 101 Å². The third kappa shape index (κ3) is 4.10. The molecule has 0 aliphatic rings. The van der Waals surface area contributed by atoms with E-state index >= 15 is 0 Å². The van der Waals surface area contributed by atoms with Gasteiger partial charge in [0.15, 0.2) is 0 Å². The number of aromatic nitrogens is 3. The predicted octanol–water partition coefficient (Wildman–Crippen LogP) is 4.70. The van der Waals surface area contributed by atoms with Crippen molar-refractivity contribution in [2.24, 2.45) is 0 Å². The first-order valence-corrected chi connectivity index (χ1v) is 11.7. The number of methoxy groups -OCH3 is 1. The molecule has 0 aliphatic carbocycles. The van der Waals surface area contributed by atoms with Crippen LogP contribution in [0.3, 0.4) is 0 Å². The second-order valence-corrected chi connectivity index (χ2v) is 8.97. The molecule has 1 atom stereocenters. The summed E-state index contributed by atoms with van der Waals surface area (Å²) in [7, 11) is 0.175. The Bertz CT molecular complexity index is 1510. The largest absolute Gasteiger partial charge is 0.480 e. The van der Waals surface area contributed by atoms with E-state index < -0.39 is 10.8 Å². The Kier molecular flexibility index (Phi) is 5.62. The van der Waals surface area contributed by atoms with Crippen LogP contribution in [0, 0.1) is 0 Å². The Balaban J connectivity index is 1.54. The summed E-state index contributed by atoms with van der Waals surface area (Å²) < 4.78 is 20.0. The van der Waals surface area contributed by atoms with E-state index in [2.05, 4.69) is 10.1 Å². The van der Waals surface area contributed by atoms with Gasteiger partial charge in [0.1, 0.15) is 4.90 Å². The van der Waals surface area contributed by atoms with Crippen molar-refractivity contribution in [3.63, 3.8) is 0 Å². The minimum absolute atomic E-state index is 0.132. The maximum Gasteiger partial charge on any atom is 0.279 e. The van der Waals surface area contributed by atoms with Crippen molar-refractivity contribution >= 4 is 21.7 Å². The van der Waals surface area contributed by atoms with Crippen LogP contribution in [0.25, 0.3) is 27.7 Å². The van der Waals surface area contributed by atoms with Gasteiger partial charge in [-0.05, 0) is 41.5 Å². The molecule has 0 bridgehead atoms. The van der Waals surface area contributed by atoms with Crippen molar-refractivity contribution < 1.29 is 8.95 Å². The molecule has 0 radical (unpaired) electrons. The lowest BCUT2D eigenvalue weighted by Gasteiger charge is -2.10. The third-order valence-electron chi connectivity index (χ3n) is 5.43. The van der Waals surface area contributed by atoms with E-state index in [1.807, 2.05) is 84.9 Å². The van der Waals surface area contributed by atoms with Gasteiger partial charge in [0.25, 0.3) is 5.56 Å². The molecule has 0 aliphatic heterocycles. The molecule has 0 saturated heterocycles. The number of H-pyrrole nitrogens is 1. The monoisotopic (exact) mass is 455 g/mol. The highest BCUT2D eigenvalue weighted by Crippen LogP contribution is 2.29. The van der Waals surface area contributed by atoms with Gasteiger partial charge in [-0.1, -0.05) is 54.6 Å². The maximum atomic E-state index is 13.1. The molecule has 6 nitrogen and oxygen atoms in total. The number of nitrogens with zero attached hydrogens (tertiary/aromatic N) is 2. The molecule has 164 valence electrons. The Morgan fingerprint density at radius 1 is 0.939 bits per heavy atom. The van der Waals surface area contributed by atoms with E-state index in [-0.39, 0.29) is 5.56 Å². The van der Waals surface area contributed by atoms with Crippen molar-refractivity contribution in [1.29, 1.82) is 0 Å². The van der Waals surface area contributed by atoms with Gasteiger partial charge in [-0.3, -0.25) is 14.1 Å². The molecule has 7 heteroatoms.